The molecule has 0 spiro atoms. The Hall–Kier alpha value is -1.43. The summed E-state index contributed by atoms with van der Waals surface area (Å²) in [6, 6.07) is 1.97. The third-order valence-electron chi connectivity index (χ3n) is 1.24. The quantitative estimate of drug-likeness (QED) is 0.517. The summed E-state index contributed by atoms with van der Waals surface area (Å²) >= 11 is 0. The van der Waals surface area contributed by atoms with Crippen LogP contribution in [0.3, 0.4) is 0 Å². The number of aryl methyl sites for hydroxylation is 1. The van der Waals surface area contributed by atoms with Crippen LogP contribution in [0.5, 0.6) is 0 Å². The maximum atomic E-state index is 8.43. The van der Waals surface area contributed by atoms with Gasteiger partial charge in [-0.3, -0.25) is 0 Å². The average molecular weight is 134 g/mol. The largest absolute Gasteiger partial charge is 0.234 e. The SMILES string of the molecule is CC[n+]1ccnc(C#N)c1. The minimum absolute atomic E-state index is 0.462. The van der Waals surface area contributed by atoms with E-state index in [1.807, 2.05) is 23.8 Å². The Balaban J connectivity index is 3.01. The molecule has 3 heteroatoms. The van der Waals surface area contributed by atoms with E-state index < -0.39 is 0 Å². The van der Waals surface area contributed by atoms with E-state index in [0.717, 1.165) is 6.54 Å². The highest BCUT2D eigenvalue weighted by molar-refractivity contribution is 5.11. The van der Waals surface area contributed by atoms with E-state index in [1.54, 1.807) is 12.4 Å². The molecule has 0 unspecified atom stereocenters. The van der Waals surface area contributed by atoms with Crippen molar-refractivity contribution in [2.45, 2.75) is 13.5 Å². The number of hydrogen-bond acceptors (Lipinski definition) is 2. The van der Waals surface area contributed by atoms with E-state index in [2.05, 4.69) is 4.98 Å². The van der Waals surface area contributed by atoms with Crippen LogP contribution in [-0.4, -0.2) is 4.98 Å². The summed E-state index contributed by atoms with van der Waals surface area (Å²) in [5.41, 5.74) is 0.462. The molecule has 10 heavy (non-hydrogen) atoms. The molecule has 0 atom stereocenters. The van der Waals surface area contributed by atoms with Crippen LogP contribution in [0.1, 0.15) is 12.6 Å². The minimum Gasteiger partial charge on any atom is -0.234 e. The van der Waals surface area contributed by atoms with E-state index in [1.165, 1.54) is 0 Å². The summed E-state index contributed by atoms with van der Waals surface area (Å²) in [6.45, 7) is 2.89. The van der Waals surface area contributed by atoms with E-state index in [-0.39, 0.29) is 0 Å². The molecule has 0 fully saturated rings. The highest BCUT2D eigenvalue weighted by Crippen LogP contribution is 1.82. The van der Waals surface area contributed by atoms with Gasteiger partial charge in [-0.2, -0.15) is 5.26 Å². The van der Waals surface area contributed by atoms with Gasteiger partial charge in [0.1, 0.15) is 12.6 Å². The van der Waals surface area contributed by atoms with Crippen LogP contribution in [0.25, 0.3) is 0 Å². The molecule has 0 saturated heterocycles. The Kier molecular flexibility index (Phi) is 1.96. The van der Waals surface area contributed by atoms with E-state index >= 15 is 0 Å². The van der Waals surface area contributed by atoms with Crippen LogP contribution >= 0.6 is 0 Å². The fraction of sp³-hybridized carbons (Fsp3) is 0.286. The van der Waals surface area contributed by atoms with Crippen molar-refractivity contribution in [3.05, 3.63) is 24.3 Å². The first-order valence-corrected chi connectivity index (χ1v) is 3.12. The van der Waals surface area contributed by atoms with Crippen LogP contribution in [0.4, 0.5) is 0 Å². The van der Waals surface area contributed by atoms with Crippen molar-refractivity contribution in [3.8, 4) is 6.07 Å². The van der Waals surface area contributed by atoms with Gasteiger partial charge in [0.25, 0.3) is 0 Å². The molecule has 1 aromatic rings. The number of nitrogens with zero attached hydrogens (tertiary/aromatic N) is 3. The van der Waals surface area contributed by atoms with Crippen molar-refractivity contribution >= 4 is 0 Å². The molecule has 1 heterocycles. The molecule has 0 bridgehead atoms. The van der Waals surface area contributed by atoms with Gasteiger partial charge in [0.05, 0.1) is 6.20 Å². The Morgan fingerprint density at radius 1 is 1.80 bits per heavy atom. The Morgan fingerprint density at radius 2 is 2.60 bits per heavy atom. The third kappa shape index (κ3) is 1.29. The maximum Gasteiger partial charge on any atom is 0.205 e. The summed E-state index contributed by atoms with van der Waals surface area (Å²) < 4.78 is 1.91. The second-order valence-electron chi connectivity index (χ2n) is 1.88. The molecule has 0 aliphatic carbocycles. The standard InChI is InChI=1S/C7H8N3/c1-2-10-4-3-9-7(5-8)6-10/h3-4,6H,2H2,1H3/q+1. The van der Waals surface area contributed by atoms with Crippen LogP contribution in [0, 0.1) is 11.3 Å². The van der Waals surface area contributed by atoms with E-state index in [9.17, 15) is 0 Å². The first-order valence-electron chi connectivity index (χ1n) is 3.12. The number of nitriles is 1. The van der Waals surface area contributed by atoms with Crippen molar-refractivity contribution in [1.82, 2.24) is 4.98 Å². The van der Waals surface area contributed by atoms with Gasteiger partial charge in [-0.1, -0.05) is 0 Å². The summed E-state index contributed by atoms with van der Waals surface area (Å²) in [5.74, 6) is 0. The third-order valence-corrected chi connectivity index (χ3v) is 1.24. The van der Waals surface area contributed by atoms with E-state index in [4.69, 9.17) is 5.26 Å². The fourth-order valence-corrected chi connectivity index (χ4v) is 0.687. The highest BCUT2D eigenvalue weighted by atomic mass is 14.9. The van der Waals surface area contributed by atoms with Gasteiger partial charge in [0, 0.05) is 0 Å². The molecule has 0 aromatic carbocycles. The van der Waals surface area contributed by atoms with Gasteiger partial charge in [0.15, 0.2) is 6.20 Å². The Labute approximate surface area is 59.6 Å². The van der Waals surface area contributed by atoms with Gasteiger partial charge in [-0.15, -0.1) is 0 Å². The predicted molar refractivity (Wildman–Crippen MR) is 34.8 cm³/mol. The second kappa shape index (κ2) is 2.92. The molecule has 0 aliphatic rings. The molecular formula is C7H8N3+. The maximum absolute atomic E-state index is 8.43. The molecule has 3 nitrogen and oxygen atoms in total. The first-order chi connectivity index (χ1) is 4.86. The van der Waals surface area contributed by atoms with Crippen molar-refractivity contribution in [3.63, 3.8) is 0 Å². The Morgan fingerprint density at radius 3 is 3.20 bits per heavy atom. The first kappa shape index (κ1) is 6.69. The average Bonchev–Trinajstić information content (AvgIpc) is 2.05. The molecule has 0 amide bonds. The zero-order valence-corrected chi connectivity index (χ0v) is 5.78. The highest BCUT2D eigenvalue weighted by Gasteiger charge is 1.97. The van der Waals surface area contributed by atoms with Crippen LogP contribution in [-0.2, 0) is 6.54 Å². The monoisotopic (exact) mass is 134 g/mol. The summed E-state index contributed by atoms with van der Waals surface area (Å²) in [5, 5.41) is 8.43. The van der Waals surface area contributed by atoms with Gasteiger partial charge < -0.3 is 0 Å². The van der Waals surface area contributed by atoms with Crippen molar-refractivity contribution < 1.29 is 4.57 Å². The lowest BCUT2D eigenvalue weighted by Gasteiger charge is -1.87. The Bertz CT molecular complexity index is 262. The predicted octanol–water partition coefficient (Wildman–Crippen LogP) is 0.261. The van der Waals surface area contributed by atoms with Crippen LogP contribution in [0.15, 0.2) is 18.6 Å². The van der Waals surface area contributed by atoms with Gasteiger partial charge >= 0.3 is 0 Å². The fourth-order valence-electron chi connectivity index (χ4n) is 0.687. The van der Waals surface area contributed by atoms with Gasteiger partial charge in [-0.05, 0) is 6.92 Å². The van der Waals surface area contributed by atoms with Crippen molar-refractivity contribution in [1.29, 1.82) is 5.26 Å². The van der Waals surface area contributed by atoms with Gasteiger partial charge in [0.2, 0.25) is 11.9 Å². The molecule has 50 valence electrons. The molecule has 0 N–H and O–H groups in total. The van der Waals surface area contributed by atoms with Gasteiger partial charge in [-0.25, -0.2) is 9.55 Å². The summed E-state index contributed by atoms with van der Waals surface area (Å²) in [4.78, 5) is 3.82. The number of hydrogen-bond donors (Lipinski definition) is 0. The lowest BCUT2D eigenvalue weighted by atomic mass is 10.5. The normalized spacial score (nSPS) is 8.80. The molecule has 0 saturated carbocycles. The number of rotatable bonds is 1. The number of aromatic nitrogens is 2. The molecular weight excluding hydrogens is 126 g/mol. The summed E-state index contributed by atoms with van der Waals surface area (Å²) in [7, 11) is 0. The molecule has 1 aromatic heterocycles. The van der Waals surface area contributed by atoms with Crippen molar-refractivity contribution in [2.24, 2.45) is 0 Å². The molecule has 0 radical (unpaired) electrons. The van der Waals surface area contributed by atoms with Crippen LogP contribution in [0.2, 0.25) is 0 Å². The zero-order valence-electron chi connectivity index (χ0n) is 5.78. The molecule has 1 rings (SSSR count). The minimum atomic E-state index is 0.462. The van der Waals surface area contributed by atoms with E-state index in [0.29, 0.717) is 5.69 Å². The summed E-state index contributed by atoms with van der Waals surface area (Å²) in [6.07, 6.45) is 5.18. The topological polar surface area (TPSA) is 40.6 Å². The van der Waals surface area contributed by atoms with Crippen LogP contribution < -0.4 is 4.57 Å². The van der Waals surface area contributed by atoms with Crippen molar-refractivity contribution in [2.75, 3.05) is 0 Å². The lowest BCUT2D eigenvalue weighted by molar-refractivity contribution is -0.694. The molecule has 0 aliphatic heterocycles. The second-order valence-corrected chi connectivity index (χ2v) is 1.88. The lowest BCUT2D eigenvalue weighted by Crippen LogP contribution is -2.31. The zero-order chi connectivity index (χ0) is 7.40. The smallest absolute Gasteiger partial charge is 0.205 e.